The van der Waals surface area contributed by atoms with Crippen LogP contribution in [0.5, 0.6) is 5.75 Å². The summed E-state index contributed by atoms with van der Waals surface area (Å²) in [6.45, 7) is 3.93. The molecule has 3 aromatic carbocycles. The van der Waals surface area contributed by atoms with Gasteiger partial charge in [-0.2, -0.15) is 0 Å². The zero-order chi connectivity index (χ0) is 27.9. The van der Waals surface area contributed by atoms with Crippen molar-refractivity contribution in [3.05, 3.63) is 99.8 Å². The van der Waals surface area contributed by atoms with E-state index in [1.165, 1.54) is 11.8 Å². The van der Waals surface area contributed by atoms with E-state index in [1.807, 2.05) is 37.3 Å². The Kier molecular flexibility index (Phi) is 8.93. The van der Waals surface area contributed by atoms with Gasteiger partial charge in [0.25, 0.3) is 11.5 Å². The number of aromatic nitrogens is 2. The minimum Gasteiger partial charge on any atom is -0.494 e. The number of hydrogen-bond donors (Lipinski definition) is 1. The molecule has 1 saturated heterocycles. The van der Waals surface area contributed by atoms with Gasteiger partial charge in [-0.1, -0.05) is 42.1 Å². The van der Waals surface area contributed by atoms with Crippen molar-refractivity contribution in [2.75, 3.05) is 25.5 Å². The maximum Gasteiger partial charge on any atom is 0.262 e. The molecule has 1 atom stereocenters. The molecule has 4 aromatic rings. The van der Waals surface area contributed by atoms with E-state index in [9.17, 15) is 14.4 Å². The largest absolute Gasteiger partial charge is 0.494 e. The van der Waals surface area contributed by atoms with Crippen LogP contribution in [0.2, 0.25) is 0 Å². The van der Waals surface area contributed by atoms with Crippen LogP contribution in [0.15, 0.2) is 82.7 Å². The van der Waals surface area contributed by atoms with Crippen molar-refractivity contribution in [3.8, 4) is 5.75 Å². The molecule has 206 valence electrons. The Labute approximate surface area is 236 Å². The number of carbonyl (C=O) groups excluding carboxylic acids is 2. The minimum atomic E-state index is -0.243. The smallest absolute Gasteiger partial charge is 0.262 e. The number of benzene rings is 3. The Morgan fingerprint density at radius 2 is 1.85 bits per heavy atom. The Morgan fingerprint density at radius 3 is 2.58 bits per heavy atom. The zero-order valence-electron chi connectivity index (χ0n) is 22.3. The van der Waals surface area contributed by atoms with Gasteiger partial charge < -0.3 is 14.8 Å². The average molecular weight is 558 g/mol. The third-order valence-corrected chi connectivity index (χ3v) is 7.68. The first-order valence-corrected chi connectivity index (χ1v) is 14.4. The number of nitrogens with zero attached hydrogens (tertiary/aromatic N) is 2. The molecule has 0 saturated carbocycles. The minimum absolute atomic E-state index is 0.0311. The highest BCUT2D eigenvalue weighted by atomic mass is 32.2. The predicted octanol–water partition coefficient (Wildman–Crippen LogP) is 4.73. The van der Waals surface area contributed by atoms with Crippen LogP contribution in [-0.2, 0) is 11.3 Å². The molecule has 1 aliphatic heterocycles. The van der Waals surface area contributed by atoms with Crippen molar-refractivity contribution in [2.24, 2.45) is 0 Å². The van der Waals surface area contributed by atoms with Crippen molar-refractivity contribution in [1.29, 1.82) is 0 Å². The number of nitrogens with one attached hydrogen (secondary N) is 1. The first kappa shape index (κ1) is 27.6. The third-order valence-electron chi connectivity index (χ3n) is 6.70. The molecule has 5 rings (SSSR count). The molecule has 0 unspecified atom stereocenters. The lowest BCUT2D eigenvalue weighted by Gasteiger charge is -2.14. The van der Waals surface area contributed by atoms with E-state index in [0.29, 0.717) is 52.6 Å². The summed E-state index contributed by atoms with van der Waals surface area (Å²) in [5.74, 6) is 0.473. The predicted molar refractivity (Wildman–Crippen MR) is 156 cm³/mol. The summed E-state index contributed by atoms with van der Waals surface area (Å²) < 4.78 is 12.6. The summed E-state index contributed by atoms with van der Waals surface area (Å²) in [6, 6.07) is 21.6. The van der Waals surface area contributed by atoms with Gasteiger partial charge >= 0.3 is 0 Å². The van der Waals surface area contributed by atoms with Crippen LogP contribution in [0.1, 0.15) is 46.0 Å². The molecular weight excluding hydrogens is 526 g/mol. The number of carbonyl (C=O) groups is 2. The molecule has 1 fully saturated rings. The summed E-state index contributed by atoms with van der Waals surface area (Å²) in [5, 5.41) is 3.74. The Balaban J connectivity index is 1.41. The van der Waals surface area contributed by atoms with Crippen molar-refractivity contribution in [2.45, 2.75) is 37.6 Å². The molecule has 0 spiro atoms. The lowest BCUT2D eigenvalue weighted by Crippen LogP contribution is -2.31. The van der Waals surface area contributed by atoms with Gasteiger partial charge in [0.1, 0.15) is 5.75 Å². The average Bonchev–Trinajstić information content (AvgIpc) is 3.51. The highest BCUT2D eigenvalue weighted by Crippen LogP contribution is 2.22. The van der Waals surface area contributed by atoms with E-state index in [4.69, 9.17) is 14.5 Å². The van der Waals surface area contributed by atoms with Crippen LogP contribution < -0.4 is 15.6 Å². The molecule has 8 nitrogen and oxygen atoms in total. The normalized spacial score (nSPS) is 14.8. The number of rotatable bonds is 11. The Morgan fingerprint density at radius 1 is 1.07 bits per heavy atom. The lowest BCUT2D eigenvalue weighted by molar-refractivity contribution is 0.0857. The Bertz CT molecular complexity index is 1550. The standard InChI is InChI=1S/C31H31N3O5S/c1-2-38-24-13-10-22(11-14-24)28(35)20-40-31-33-27-17-23(29(36)32-18-25-9-6-16-39-25)12-15-26(27)30(37)34(31)19-21-7-4-3-5-8-21/h3-5,7-8,10-15,17,25H,2,6,9,16,18-20H2,1H3,(H,32,36)/t25-/m0/s1. The second-order valence-corrected chi connectivity index (χ2v) is 10.5. The van der Waals surface area contributed by atoms with Gasteiger partial charge in [-0.05, 0) is 67.8 Å². The molecule has 40 heavy (non-hydrogen) atoms. The van der Waals surface area contributed by atoms with E-state index >= 15 is 0 Å². The summed E-state index contributed by atoms with van der Waals surface area (Å²) >= 11 is 1.21. The molecule has 1 N–H and O–H groups in total. The van der Waals surface area contributed by atoms with E-state index in [1.54, 1.807) is 47.0 Å². The number of thioether (sulfide) groups is 1. The zero-order valence-corrected chi connectivity index (χ0v) is 23.1. The third kappa shape index (κ3) is 6.60. The number of Topliss-reactive ketones (excluding diaryl/α,β-unsaturated/α-hetero) is 1. The molecule has 0 bridgehead atoms. The summed E-state index contributed by atoms with van der Waals surface area (Å²) in [7, 11) is 0. The van der Waals surface area contributed by atoms with Crippen LogP contribution in [0.3, 0.4) is 0 Å². The molecule has 1 aromatic heterocycles. The van der Waals surface area contributed by atoms with Crippen LogP contribution >= 0.6 is 11.8 Å². The fourth-order valence-electron chi connectivity index (χ4n) is 4.59. The maximum atomic E-state index is 13.6. The first-order valence-electron chi connectivity index (χ1n) is 13.4. The van der Waals surface area contributed by atoms with Crippen LogP contribution in [-0.4, -0.2) is 52.9 Å². The van der Waals surface area contributed by atoms with Crippen LogP contribution in [0, 0.1) is 0 Å². The highest BCUT2D eigenvalue weighted by Gasteiger charge is 2.19. The van der Waals surface area contributed by atoms with Gasteiger partial charge in [-0.25, -0.2) is 4.98 Å². The molecular formula is C31H31N3O5S. The van der Waals surface area contributed by atoms with Crippen molar-refractivity contribution in [1.82, 2.24) is 14.9 Å². The van der Waals surface area contributed by atoms with Crippen LogP contribution in [0.4, 0.5) is 0 Å². The maximum absolute atomic E-state index is 13.6. The monoisotopic (exact) mass is 557 g/mol. The summed E-state index contributed by atoms with van der Waals surface area (Å²) in [6.07, 6.45) is 1.96. The summed E-state index contributed by atoms with van der Waals surface area (Å²) in [5.41, 5.74) is 2.10. The molecule has 0 radical (unpaired) electrons. The van der Waals surface area contributed by atoms with E-state index < -0.39 is 0 Å². The Hall–Kier alpha value is -3.95. The molecule has 0 aliphatic carbocycles. The number of hydrogen-bond acceptors (Lipinski definition) is 7. The second-order valence-electron chi connectivity index (χ2n) is 9.52. The quantitative estimate of drug-likeness (QED) is 0.162. The van der Waals surface area contributed by atoms with Gasteiger partial charge in [0.05, 0.1) is 35.9 Å². The first-order chi connectivity index (χ1) is 19.5. The molecule has 1 aliphatic rings. The fourth-order valence-corrected chi connectivity index (χ4v) is 5.48. The number of ether oxygens (including phenoxy) is 2. The fraction of sp³-hybridized carbons (Fsp3) is 0.290. The van der Waals surface area contributed by atoms with Gasteiger partial charge in [0.2, 0.25) is 0 Å². The van der Waals surface area contributed by atoms with Gasteiger partial charge in [0, 0.05) is 24.3 Å². The van der Waals surface area contributed by atoms with Gasteiger partial charge in [0.15, 0.2) is 10.9 Å². The van der Waals surface area contributed by atoms with Crippen molar-refractivity contribution >= 4 is 34.4 Å². The van der Waals surface area contributed by atoms with Gasteiger partial charge in [-0.3, -0.25) is 19.0 Å². The number of ketones is 1. The second kappa shape index (κ2) is 12.9. The number of amides is 1. The highest BCUT2D eigenvalue weighted by molar-refractivity contribution is 7.99. The van der Waals surface area contributed by atoms with E-state index in [0.717, 1.165) is 25.0 Å². The van der Waals surface area contributed by atoms with E-state index in [-0.39, 0.29) is 29.1 Å². The number of fused-ring (bicyclic) bond motifs is 1. The van der Waals surface area contributed by atoms with Gasteiger partial charge in [-0.15, -0.1) is 0 Å². The molecule has 2 heterocycles. The summed E-state index contributed by atoms with van der Waals surface area (Å²) in [4.78, 5) is 44.2. The van der Waals surface area contributed by atoms with Crippen molar-refractivity contribution in [3.63, 3.8) is 0 Å². The van der Waals surface area contributed by atoms with Crippen LogP contribution in [0.25, 0.3) is 10.9 Å². The molecule has 9 heteroatoms. The van der Waals surface area contributed by atoms with E-state index in [2.05, 4.69) is 5.32 Å². The molecule has 1 amide bonds. The lowest BCUT2D eigenvalue weighted by atomic mass is 10.1. The van der Waals surface area contributed by atoms with Crippen molar-refractivity contribution < 1.29 is 19.1 Å². The topological polar surface area (TPSA) is 99.5 Å². The SMILES string of the molecule is CCOc1ccc(C(=O)CSc2nc3cc(C(=O)NC[C@@H]4CCCO4)ccc3c(=O)n2Cc2ccccc2)cc1.